The zero-order valence-corrected chi connectivity index (χ0v) is 15.4. The normalized spacial score (nSPS) is 15.9. The molecule has 1 fully saturated rings. The van der Waals surface area contributed by atoms with Crippen LogP contribution in [0.1, 0.15) is 18.7 Å². The number of benzene rings is 2. The number of aryl methyl sites for hydroxylation is 1. The zero-order chi connectivity index (χ0) is 18.8. The van der Waals surface area contributed by atoms with Crippen LogP contribution in [0.3, 0.4) is 0 Å². The lowest BCUT2D eigenvalue weighted by molar-refractivity contribution is -0.121. The number of imidazole rings is 1. The lowest BCUT2D eigenvalue weighted by atomic mass is 9.96. The minimum Gasteiger partial charge on any atom is -0.330 e. The van der Waals surface area contributed by atoms with E-state index in [0.29, 0.717) is 5.69 Å². The molecule has 0 atom stereocenters. The van der Waals surface area contributed by atoms with E-state index in [1.165, 1.54) is 12.1 Å². The molecule has 1 aliphatic rings. The van der Waals surface area contributed by atoms with Crippen molar-refractivity contribution in [2.75, 3.05) is 18.4 Å². The van der Waals surface area contributed by atoms with Gasteiger partial charge in [0.25, 0.3) is 0 Å². The molecule has 1 N–H and O–H groups in total. The van der Waals surface area contributed by atoms with Crippen molar-refractivity contribution >= 4 is 22.6 Å². The average Bonchev–Trinajstić information content (AvgIpc) is 3.00. The van der Waals surface area contributed by atoms with Crippen LogP contribution in [-0.2, 0) is 18.4 Å². The number of amides is 1. The summed E-state index contributed by atoms with van der Waals surface area (Å²) in [6, 6.07) is 14.0. The van der Waals surface area contributed by atoms with Gasteiger partial charge in [0.05, 0.1) is 17.6 Å². The van der Waals surface area contributed by atoms with Crippen LogP contribution >= 0.6 is 0 Å². The monoisotopic (exact) mass is 366 g/mol. The van der Waals surface area contributed by atoms with Crippen LogP contribution in [-0.4, -0.2) is 33.4 Å². The molecule has 0 aliphatic carbocycles. The molecule has 4 rings (SSSR count). The molecule has 5 nitrogen and oxygen atoms in total. The molecule has 0 bridgehead atoms. The smallest absolute Gasteiger partial charge is 0.227 e. The van der Waals surface area contributed by atoms with Crippen LogP contribution in [0, 0.1) is 11.7 Å². The Labute approximate surface area is 157 Å². The third-order valence-corrected chi connectivity index (χ3v) is 5.31. The van der Waals surface area contributed by atoms with E-state index in [9.17, 15) is 9.18 Å². The van der Waals surface area contributed by atoms with E-state index in [-0.39, 0.29) is 17.6 Å². The second-order valence-corrected chi connectivity index (χ2v) is 7.12. The SMILES string of the molecule is Cn1c(CN2CCC(C(=O)Nc3ccc(F)cc3)CC2)nc2ccccc21. The molecule has 0 saturated carbocycles. The molecule has 6 heteroatoms. The van der Waals surface area contributed by atoms with Gasteiger partial charge in [0.1, 0.15) is 11.6 Å². The van der Waals surface area contributed by atoms with Crippen molar-refractivity contribution in [3.05, 3.63) is 60.2 Å². The van der Waals surface area contributed by atoms with Gasteiger partial charge in [0, 0.05) is 18.7 Å². The number of carbonyl (C=O) groups is 1. The Morgan fingerprint density at radius 1 is 1.15 bits per heavy atom. The Hall–Kier alpha value is -2.73. The summed E-state index contributed by atoms with van der Waals surface area (Å²) >= 11 is 0. The predicted octanol–water partition coefficient (Wildman–Crippen LogP) is 3.56. The summed E-state index contributed by atoms with van der Waals surface area (Å²) in [4.78, 5) is 19.5. The number of likely N-dealkylation sites (tertiary alicyclic amines) is 1. The number of piperidine rings is 1. The van der Waals surface area contributed by atoms with Crippen molar-refractivity contribution in [2.45, 2.75) is 19.4 Å². The van der Waals surface area contributed by atoms with Crippen molar-refractivity contribution in [1.82, 2.24) is 14.5 Å². The summed E-state index contributed by atoms with van der Waals surface area (Å²) in [5.41, 5.74) is 2.80. The van der Waals surface area contributed by atoms with E-state index < -0.39 is 0 Å². The van der Waals surface area contributed by atoms with Crippen LogP contribution < -0.4 is 5.32 Å². The van der Waals surface area contributed by atoms with Crippen LogP contribution in [0.4, 0.5) is 10.1 Å². The molecule has 2 aromatic carbocycles. The third kappa shape index (κ3) is 3.85. The highest BCUT2D eigenvalue weighted by atomic mass is 19.1. The van der Waals surface area contributed by atoms with Gasteiger partial charge in [-0.05, 0) is 62.3 Å². The zero-order valence-electron chi connectivity index (χ0n) is 15.4. The van der Waals surface area contributed by atoms with E-state index in [0.717, 1.165) is 49.3 Å². The maximum atomic E-state index is 13.0. The number of nitrogens with one attached hydrogen (secondary N) is 1. The minimum absolute atomic E-state index is 0.00764. The highest BCUT2D eigenvalue weighted by Gasteiger charge is 2.25. The number of halogens is 1. The predicted molar refractivity (Wildman–Crippen MR) is 104 cm³/mol. The van der Waals surface area contributed by atoms with Gasteiger partial charge < -0.3 is 9.88 Å². The fourth-order valence-electron chi connectivity index (χ4n) is 3.67. The van der Waals surface area contributed by atoms with Crippen molar-refractivity contribution in [3.63, 3.8) is 0 Å². The minimum atomic E-state index is -0.303. The highest BCUT2D eigenvalue weighted by molar-refractivity contribution is 5.92. The number of para-hydroxylation sites is 2. The first-order valence-electron chi connectivity index (χ1n) is 9.29. The van der Waals surface area contributed by atoms with Gasteiger partial charge in [0.15, 0.2) is 0 Å². The largest absolute Gasteiger partial charge is 0.330 e. The summed E-state index contributed by atoms with van der Waals surface area (Å²) < 4.78 is 15.1. The number of carbonyl (C=O) groups excluding carboxylic acids is 1. The first-order valence-corrected chi connectivity index (χ1v) is 9.29. The van der Waals surface area contributed by atoms with Gasteiger partial charge in [-0.25, -0.2) is 9.37 Å². The molecule has 140 valence electrons. The van der Waals surface area contributed by atoms with Gasteiger partial charge in [-0.15, -0.1) is 0 Å². The second-order valence-electron chi connectivity index (χ2n) is 7.12. The summed E-state index contributed by atoms with van der Waals surface area (Å²) in [6.45, 7) is 2.52. The van der Waals surface area contributed by atoms with Crippen molar-refractivity contribution < 1.29 is 9.18 Å². The molecule has 1 saturated heterocycles. The van der Waals surface area contributed by atoms with Crippen LogP contribution in [0.2, 0.25) is 0 Å². The number of anilines is 1. The molecule has 0 unspecified atom stereocenters. The first-order chi connectivity index (χ1) is 13.1. The number of hydrogen-bond acceptors (Lipinski definition) is 3. The molecule has 1 aromatic heterocycles. The number of aromatic nitrogens is 2. The number of fused-ring (bicyclic) bond motifs is 1. The Balaban J connectivity index is 1.33. The summed E-state index contributed by atoms with van der Waals surface area (Å²) in [6.07, 6.45) is 1.63. The van der Waals surface area contributed by atoms with E-state index in [1.54, 1.807) is 12.1 Å². The van der Waals surface area contributed by atoms with Crippen molar-refractivity contribution in [1.29, 1.82) is 0 Å². The van der Waals surface area contributed by atoms with E-state index in [2.05, 4.69) is 20.9 Å². The van der Waals surface area contributed by atoms with Crippen LogP contribution in [0.5, 0.6) is 0 Å². The van der Waals surface area contributed by atoms with Gasteiger partial charge >= 0.3 is 0 Å². The highest BCUT2D eigenvalue weighted by Crippen LogP contribution is 2.22. The van der Waals surface area contributed by atoms with Gasteiger partial charge in [-0.3, -0.25) is 9.69 Å². The molecule has 3 aromatic rings. The first kappa shape index (κ1) is 17.7. The number of rotatable bonds is 4. The molecule has 0 radical (unpaired) electrons. The number of hydrogen-bond donors (Lipinski definition) is 1. The molecule has 1 aliphatic heterocycles. The Kier molecular flexibility index (Phi) is 4.90. The Morgan fingerprint density at radius 2 is 1.85 bits per heavy atom. The maximum absolute atomic E-state index is 13.0. The fourth-order valence-corrected chi connectivity index (χ4v) is 3.67. The molecular formula is C21H23FN4O. The Morgan fingerprint density at radius 3 is 2.56 bits per heavy atom. The summed E-state index contributed by atoms with van der Waals surface area (Å²) in [5, 5.41) is 2.89. The lowest BCUT2D eigenvalue weighted by Crippen LogP contribution is -2.38. The third-order valence-electron chi connectivity index (χ3n) is 5.31. The van der Waals surface area contributed by atoms with Crippen molar-refractivity contribution in [2.24, 2.45) is 13.0 Å². The molecule has 0 spiro atoms. The molecular weight excluding hydrogens is 343 g/mol. The van der Waals surface area contributed by atoms with Crippen LogP contribution in [0.25, 0.3) is 11.0 Å². The quantitative estimate of drug-likeness (QED) is 0.768. The summed E-state index contributed by atoms with van der Waals surface area (Å²) in [5.74, 6) is 0.754. The van der Waals surface area contributed by atoms with Gasteiger partial charge in [0.2, 0.25) is 5.91 Å². The maximum Gasteiger partial charge on any atom is 0.227 e. The second kappa shape index (κ2) is 7.48. The molecule has 2 heterocycles. The summed E-state index contributed by atoms with van der Waals surface area (Å²) in [7, 11) is 2.05. The van der Waals surface area contributed by atoms with Crippen LogP contribution in [0.15, 0.2) is 48.5 Å². The standard InChI is InChI=1S/C21H23FN4O/c1-25-19-5-3-2-4-18(19)24-20(25)14-26-12-10-15(11-13-26)21(27)23-17-8-6-16(22)7-9-17/h2-9,15H,10-14H2,1H3,(H,23,27). The average molecular weight is 366 g/mol. The lowest BCUT2D eigenvalue weighted by Gasteiger charge is -2.31. The van der Waals surface area contributed by atoms with E-state index in [4.69, 9.17) is 4.98 Å². The molecule has 27 heavy (non-hydrogen) atoms. The molecule has 1 amide bonds. The van der Waals surface area contributed by atoms with Gasteiger partial charge in [-0.1, -0.05) is 12.1 Å². The fraction of sp³-hybridized carbons (Fsp3) is 0.333. The van der Waals surface area contributed by atoms with E-state index >= 15 is 0 Å². The number of nitrogens with zero attached hydrogens (tertiary/aromatic N) is 3. The topological polar surface area (TPSA) is 50.2 Å². The Bertz CT molecular complexity index is 942. The van der Waals surface area contributed by atoms with E-state index in [1.807, 2.05) is 25.2 Å². The van der Waals surface area contributed by atoms with Crippen molar-refractivity contribution in [3.8, 4) is 0 Å². The van der Waals surface area contributed by atoms with Gasteiger partial charge in [-0.2, -0.15) is 0 Å².